The van der Waals surface area contributed by atoms with Gasteiger partial charge < -0.3 is 10.5 Å². The average Bonchev–Trinajstić information content (AvgIpc) is 2.31. The number of halogens is 1. The summed E-state index contributed by atoms with van der Waals surface area (Å²) in [5.74, 6) is 0. The normalized spacial score (nSPS) is 10.6. The summed E-state index contributed by atoms with van der Waals surface area (Å²) in [7, 11) is 1.62. The standard InChI is InChI=1S/C13H14ClN3O/c1-8-3-4-10(13(14)17-8)11-6-16-9(7-18-2)5-12(11)15/h3-6H,7H2,1-2H3,(H2,15,16). The number of nitrogens with zero attached hydrogens (tertiary/aromatic N) is 2. The minimum absolute atomic E-state index is 0.433. The third-order valence-corrected chi connectivity index (χ3v) is 2.85. The lowest BCUT2D eigenvalue weighted by Crippen LogP contribution is -1.98. The van der Waals surface area contributed by atoms with Crippen LogP contribution in [0.3, 0.4) is 0 Å². The van der Waals surface area contributed by atoms with Crippen LogP contribution in [-0.2, 0) is 11.3 Å². The number of aryl methyl sites for hydroxylation is 1. The van der Waals surface area contributed by atoms with Gasteiger partial charge in [-0.05, 0) is 25.1 Å². The number of hydrogen-bond acceptors (Lipinski definition) is 4. The Kier molecular flexibility index (Phi) is 3.79. The Hall–Kier alpha value is -1.65. The van der Waals surface area contributed by atoms with Crippen LogP contribution in [-0.4, -0.2) is 17.1 Å². The molecule has 0 radical (unpaired) electrons. The monoisotopic (exact) mass is 263 g/mol. The van der Waals surface area contributed by atoms with Gasteiger partial charge in [0.25, 0.3) is 0 Å². The maximum absolute atomic E-state index is 6.12. The van der Waals surface area contributed by atoms with E-state index >= 15 is 0 Å². The van der Waals surface area contributed by atoms with Crippen molar-refractivity contribution < 1.29 is 4.74 Å². The SMILES string of the molecule is COCc1cc(N)c(-c2ccc(C)nc2Cl)cn1. The second kappa shape index (κ2) is 5.33. The number of methoxy groups -OCH3 is 1. The van der Waals surface area contributed by atoms with Crippen molar-refractivity contribution in [3.8, 4) is 11.1 Å². The van der Waals surface area contributed by atoms with Crippen LogP contribution in [0.5, 0.6) is 0 Å². The number of hydrogen-bond donors (Lipinski definition) is 1. The fourth-order valence-electron chi connectivity index (χ4n) is 1.69. The van der Waals surface area contributed by atoms with Crippen LogP contribution in [0.25, 0.3) is 11.1 Å². The van der Waals surface area contributed by atoms with E-state index in [2.05, 4.69) is 9.97 Å². The highest BCUT2D eigenvalue weighted by atomic mass is 35.5. The van der Waals surface area contributed by atoms with Gasteiger partial charge in [-0.25, -0.2) is 4.98 Å². The van der Waals surface area contributed by atoms with Crippen molar-refractivity contribution in [2.45, 2.75) is 13.5 Å². The van der Waals surface area contributed by atoms with E-state index in [1.165, 1.54) is 0 Å². The fourth-order valence-corrected chi connectivity index (χ4v) is 1.99. The summed E-state index contributed by atoms with van der Waals surface area (Å²) in [6.07, 6.45) is 1.70. The average molecular weight is 264 g/mol. The molecule has 2 N–H and O–H groups in total. The Balaban J connectivity index is 2.44. The van der Waals surface area contributed by atoms with Crippen molar-refractivity contribution in [2.75, 3.05) is 12.8 Å². The molecule has 0 amide bonds. The highest BCUT2D eigenvalue weighted by molar-refractivity contribution is 6.32. The quantitative estimate of drug-likeness (QED) is 0.865. The lowest BCUT2D eigenvalue weighted by atomic mass is 10.1. The number of ether oxygens (including phenoxy) is 1. The van der Waals surface area contributed by atoms with Crippen LogP contribution in [0.2, 0.25) is 5.15 Å². The Morgan fingerprint density at radius 1 is 1.33 bits per heavy atom. The molecule has 0 bridgehead atoms. The molecule has 0 aliphatic rings. The third kappa shape index (κ3) is 2.60. The van der Waals surface area contributed by atoms with Crippen molar-refractivity contribution in [1.82, 2.24) is 9.97 Å². The molecule has 2 heterocycles. The number of rotatable bonds is 3. The molecule has 2 aromatic heterocycles. The molecule has 94 valence electrons. The van der Waals surface area contributed by atoms with Gasteiger partial charge in [0, 0.05) is 35.8 Å². The summed E-state index contributed by atoms with van der Waals surface area (Å²) in [5, 5.41) is 0.433. The maximum Gasteiger partial charge on any atom is 0.137 e. The van der Waals surface area contributed by atoms with Crippen molar-refractivity contribution in [2.24, 2.45) is 0 Å². The number of nitrogens with two attached hydrogens (primary N) is 1. The van der Waals surface area contributed by atoms with Gasteiger partial charge in [-0.2, -0.15) is 0 Å². The van der Waals surface area contributed by atoms with Crippen LogP contribution in [0.15, 0.2) is 24.4 Å². The molecule has 0 aliphatic heterocycles. The largest absolute Gasteiger partial charge is 0.398 e. The van der Waals surface area contributed by atoms with Crippen molar-refractivity contribution in [3.05, 3.63) is 40.9 Å². The molecule has 0 aromatic carbocycles. The van der Waals surface area contributed by atoms with E-state index in [9.17, 15) is 0 Å². The van der Waals surface area contributed by atoms with Gasteiger partial charge in [0.05, 0.1) is 12.3 Å². The molecule has 2 aromatic rings. The highest BCUT2D eigenvalue weighted by Crippen LogP contribution is 2.30. The molecular formula is C13H14ClN3O. The van der Waals surface area contributed by atoms with Gasteiger partial charge in [0.15, 0.2) is 0 Å². The number of pyridine rings is 2. The number of aromatic nitrogens is 2. The molecule has 0 atom stereocenters. The molecule has 0 fully saturated rings. The minimum atomic E-state index is 0.433. The molecule has 0 aliphatic carbocycles. The second-order valence-electron chi connectivity index (χ2n) is 3.99. The molecule has 18 heavy (non-hydrogen) atoms. The third-order valence-electron chi connectivity index (χ3n) is 2.56. The van der Waals surface area contributed by atoms with Gasteiger partial charge >= 0.3 is 0 Å². The van der Waals surface area contributed by atoms with Crippen LogP contribution in [0, 0.1) is 6.92 Å². The Labute approximate surface area is 111 Å². The summed E-state index contributed by atoms with van der Waals surface area (Å²) in [4.78, 5) is 8.48. The minimum Gasteiger partial charge on any atom is -0.398 e. The van der Waals surface area contributed by atoms with Crippen molar-refractivity contribution in [3.63, 3.8) is 0 Å². The van der Waals surface area contributed by atoms with Crippen molar-refractivity contribution >= 4 is 17.3 Å². The summed E-state index contributed by atoms with van der Waals surface area (Å²) in [5.41, 5.74) is 9.85. The first-order chi connectivity index (χ1) is 8.61. The molecule has 0 saturated carbocycles. The predicted molar refractivity (Wildman–Crippen MR) is 72.3 cm³/mol. The summed E-state index contributed by atoms with van der Waals surface area (Å²) < 4.78 is 5.01. The highest BCUT2D eigenvalue weighted by Gasteiger charge is 2.09. The van der Waals surface area contributed by atoms with Gasteiger partial charge in [0.2, 0.25) is 0 Å². The van der Waals surface area contributed by atoms with E-state index in [1.54, 1.807) is 19.4 Å². The van der Waals surface area contributed by atoms with Crippen LogP contribution in [0.4, 0.5) is 5.69 Å². The van der Waals surface area contributed by atoms with E-state index in [0.717, 1.165) is 22.5 Å². The van der Waals surface area contributed by atoms with Gasteiger partial charge in [0.1, 0.15) is 5.15 Å². The van der Waals surface area contributed by atoms with E-state index < -0.39 is 0 Å². The zero-order valence-electron chi connectivity index (χ0n) is 10.3. The first-order valence-electron chi connectivity index (χ1n) is 5.48. The first-order valence-corrected chi connectivity index (χ1v) is 5.86. The number of anilines is 1. The second-order valence-corrected chi connectivity index (χ2v) is 4.34. The van der Waals surface area contributed by atoms with E-state index in [1.807, 2.05) is 19.1 Å². The van der Waals surface area contributed by atoms with E-state index in [4.69, 9.17) is 22.1 Å². The summed E-state index contributed by atoms with van der Waals surface area (Å²) in [6, 6.07) is 5.58. The zero-order chi connectivity index (χ0) is 13.1. The topological polar surface area (TPSA) is 61.0 Å². The zero-order valence-corrected chi connectivity index (χ0v) is 11.0. The lowest BCUT2D eigenvalue weighted by molar-refractivity contribution is 0.181. The summed E-state index contributed by atoms with van der Waals surface area (Å²) in [6.45, 7) is 2.32. The Morgan fingerprint density at radius 3 is 2.72 bits per heavy atom. The van der Waals surface area contributed by atoms with Crippen molar-refractivity contribution in [1.29, 1.82) is 0 Å². The molecule has 0 spiro atoms. The van der Waals surface area contributed by atoms with E-state index in [-0.39, 0.29) is 0 Å². The smallest absolute Gasteiger partial charge is 0.137 e. The van der Waals surface area contributed by atoms with Crippen LogP contribution < -0.4 is 5.73 Å². The first kappa shape index (κ1) is 12.8. The summed E-state index contributed by atoms with van der Waals surface area (Å²) >= 11 is 6.12. The van der Waals surface area contributed by atoms with Crippen LogP contribution in [0.1, 0.15) is 11.4 Å². The molecule has 2 rings (SSSR count). The Morgan fingerprint density at radius 2 is 2.11 bits per heavy atom. The molecular weight excluding hydrogens is 250 g/mol. The molecule has 0 saturated heterocycles. The van der Waals surface area contributed by atoms with E-state index in [0.29, 0.717) is 17.4 Å². The predicted octanol–water partition coefficient (Wildman–Crippen LogP) is 2.83. The fraction of sp³-hybridized carbons (Fsp3) is 0.231. The molecule has 0 unspecified atom stereocenters. The number of nitrogen functional groups attached to an aromatic ring is 1. The Bertz CT molecular complexity index is 572. The van der Waals surface area contributed by atoms with Gasteiger partial charge in [-0.15, -0.1) is 0 Å². The lowest BCUT2D eigenvalue weighted by Gasteiger charge is -2.09. The van der Waals surface area contributed by atoms with Gasteiger partial charge in [-0.1, -0.05) is 11.6 Å². The van der Waals surface area contributed by atoms with Gasteiger partial charge in [-0.3, -0.25) is 4.98 Å². The molecule has 5 heteroatoms. The van der Waals surface area contributed by atoms with Crippen LogP contribution >= 0.6 is 11.6 Å². The maximum atomic E-state index is 6.12. The molecule has 4 nitrogen and oxygen atoms in total.